The lowest BCUT2D eigenvalue weighted by Gasteiger charge is -2.21. The molecule has 4 N–H and O–H groups in total. The van der Waals surface area contributed by atoms with Crippen LogP contribution in [0.15, 0.2) is 29.3 Å². The summed E-state index contributed by atoms with van der Waals surface area (Å²) < 4.78 is 5.58. The van der Waals surface area contributed by atoms with Crippen molar-refractivity contribution in [3.8, 4) is 5.75 Å². The Balaban J connectivity index is 1.89. The molecule has 1 fully saturated rings. The summed E-state index contributed by atoms with van der Waals surface area (Å²) >= 11 is 0. The van der Waals surface area contributed by atoms with Crippen LogP contribution in [0.2, 0.25) is 0 Å². The van der Waals surface area contributed by atoms with Gasteiger partial charge >= 0.3 is 0 Å². The molecule has 1 aliphatic heterocycles. The van der Waals surface area contributed by atoms with Crippen LogP contribution in [0.5, 0.6) is 5.75 Å². The first kappa shape index (κ1) is 16.1. The van der Waals surface area contributed by atoms with Gasteiger partial charge in [0, 0.05) is 12.1 Å². The summed E-state index contributed by atoms with van der Waals surface area (Å²) in [7, 11) is 0. The Kier molecular flexibility index (Phi) is 4.90. The minimum absolute atomic E-state index is 0.0740. The van der Waals surface area contributed by atoms with E-state index < -0.39 is 0 Å². The van der Waals surface area contributed by atoms with Crippen molar-refractivity contribution in [1.29, 1.82) is 0 Å². The van der Waals surface area contributed by atoms with Crippen LogP contribution in [0.4, 0.5) is 5.69 Å². The van der Waals surface area contributed by atoms with Gasteiger partial charge in [0.1, 0.15) is 5.75 Å². The lowest BCUT2D eigenvalue weighted by atomic mass is 10.0. The summed E-state index contributed by atoms with van der Waals surface area (Å²) in [6, 6.07) is 7.54. The van der Waals surface area contributed by atoms with E-state index in [1.165, 1.54) is 0 Å². The first-order valence-corrected chi connectivity index (χ1v) is 7.51. The summed E-state index contributed by atoms with van der Waals surface area (Å²) in [6.07, 6.45) is 1.48. The van der Waals surface area contributed by atoms with Crippen LogP contribution in [0.25, 0.3) is 0 Å². The normalized spacial score (nSPS) is 21.8. The van der Waals surface area contributed by atoms with Crippen molar-refractivity contribution in [2.24, 2.45) is 10.7 Å². The summed E-state index contributed by atoms with van der Waals surface area (Å²) in [5.74, 6) is 1.22. The lowest BCUT2D eigenvalue weighted by Crippen LogP contribution is -2.42. The molecule has 1 aromatic rings. The predicted octanol–water partition coefficient (Wildman–Crippen LogP) is 1.87. The summed E-state index contributed by atoms with van der Waals surface area (Å²) in [5, 5.41) is 5.96. The molecular weight excluding hydrogens is 280 g/mol. The maximum Gasteiger partial charge on any atom is 0.220 e. The highest BCUT2D eigenvalue weighted by Gasteiger charge is 2.32. The number of carbonyl (C=O) groups excluding carboxylic acids is 1. The van der Waals surface area contributed by atoms with Crippen LogP contribution in [0.3, 0.4) is 0 Å². The van der Waals surface area contributed by atoms with E-state index in [-0.39, 0.29) is 17.6 Å². The van der Waals surface area contributed by atoms with Crippen molar-refractivity contribution < 1.29 is 9.53 Å². The summed E-state index contributed by atoms with van der Waals surface area (Å²) in [4.78, 5) is 15.6. The van der Waals surface area contributed by atoms with Crippen molar-refractivity contribution in [3.63, 3.8) is 0 Å². The van der Waals surface area contributed by atoms with Crippen LogP contribution >= 0.6 is 0 Å². The minimum atomic E-state index is -0.293. The maximum absolute atomic E-state index is 11.3. The molecule has 1 aliphatic rings. The number of carbonyl (C=O) groups is 1. The van der Waals surface area contributed by atoms with E-state index in [0.717, 1.165) is 17.9 Å². The molecule has 120 valence electrons. The second kappa shape index (κ2) is 6.68. The first-order chi connectivity index (χ1) is 10.4. The van der Waals surface area contributed by atoms with Crippen LogP contribution in [-0.4, -0.2) is 30.1 Å². The standard InChI is InChI=1S/C16H24N4O2/c1-11(2)22-13-6-4-12(5-7-13)19-15(17)18-10-16(3)9-8-14(21)20-16/h4-7,11H,8-10H2,1-3H3,(H,20,21)(H3,17,18,19). The molecule has 1 amide bonds. The summed E-state index contributed by atoms with van der Waals surface area (Å²) in [6.45, 7) is 6.41. The Labute approximate surface area is 131 Å². The largest absolute Gasteiger partial charge is 0.491 e. The minimum Gasteiger partial charge on any atom is -0.491 e. The van der Waals surface area contributed by atoms with Crippen molar-refractivity contribution in [3.05, 3.63) is 24.3 Å². The average molecular weight is 304 g/mol. The van der Waals surface area contributed by atoms with Gasteiger partial charge in [0.05, 0.1) is 18.2 Å². The fourth-order valence-corrected chi connectivity index (χ4v) is 2.31. The van der Waals surface area contributed by atoms with Gasteiger partial charge in [-0.05, 0) is 51.5 Å². The molecule has 1 aromatic carbocycles. The highest BCUT2D eigenvalue weighted by atomic mass is 16.5. The Hall–Kier alpha value is -2.24. The monoisotopic (exact) mass is 304 g/mol. The van der Waals surface area contributed by atoms with E-state index in [2.05, 4.69) is 15.6 Å². The van der Waals surface area contributed by atoms with E-state index in [4.69, 9.17) is 10.5 Å². The fourth-order valence-electron chi connectivity index (χ4n) is 2.31. The van der Waals surface area contributed by atoms with E-state index in [0.29, 0.717) is 18.9 Å². The number of nitrogens with one attached hydrogen (secondary N) is 2. The molecule has 1 atom stereocenters. The first-order valence-electron chi connectivity index (χ1n) is 7.51. The highest BCUT2D eigenvalue weighted by Crippen LogP contribution is 2.20. The highest BCUT2D eigenvalue weighted by molar-refractivity contribution is 5.92. The van der Waals surface area contributed by atoms with Crippen molar-refractivity contribution in [2.75, 3.05) is 11.9 Å². The Bertz CT molecular complexity index is 554. The van der Waals surface area contributed by atoms with Gasteiger partial charge in [0.15, 0.2) is 5.96 Å². The molecule has 6 heteroatoms. The van der Waals surface area contributed by atoms with Gasteiger partial charge in [-0.1, -0.05) is 0 Å². The molecule has 0 spiro atoms. The van der Waals surface area contributed by atoms with Crippen molar-refractivity contribution >= 4 is 17.6 Å². The zero-order chi connectivity index (χ0) is 16.2. The number of amides is 1. The molecule has 0 bridgehead atoms. The topological polar surface area (TPSA) is 88.7 Å². The smallest absolute Gasteiger partial charge is 0.220 e. The molecule has 0 saturated carbocycles. The molecule has 0 aliphatic carbocycles. The van der Waals surface area contributed by atoms with E-state index in [1.807, 2.05) is 45.0 Å². The van der Waals surface area contributed by atoms with Gasteiger partial charge in [-0.3, -0.25) is 9.79 Å². The number of nitrogens with zero attached hydrogens (tertiary/aromatic N) is 1. The van der Waals surface area contributed by atoms with Crippen LogP contribution in [-0.2, 0) is 4.79 Å². The number of ether oxygens (including phenoxy) is 1. The lowest BCUT2D eigenvalue weighted by molar-refractivity contribution is -0.119. The fraction of sp³-hybridized carbons (Fsp3) is 0.500. The third kappa shape index (κ3) is 4.65. The SMILES string of the molecule is CC(C)Oc1ccc(NC(N)=NCC2(C)CCC(=O)N2)cc1. The zero-order valence-electron chi connectivity index (χ0n) is 13.3. The molecule has 1 saturated heterocycles. The number of guanidine groups is 1. The number of anilines is 1. The predicted molar refractivity (Wildman–Crippen MR) is 88.1 cm³/mol. The number of benzene rings is 1. The van der Waals surface area contributed by atoms with Crippen molar-refractivity contribution in [1.82, 2.24) is 5.32 Å². The van der Waals surface area contributed by atoms with Gasteiger partial charge in [0.25, 0.3) is 0 Å². The third-order valence-electron chi connectivity index (χ3n) is 3.44. The average Bonchev–Trinajstić information content (AvgIpc) is 2.79. The molecular formula is C16H24N4O2. The van der Waals surface area contributed by atoms with Gasteiger partial charge in [-0.2, -0.15) is 0 Å². The molecule has 1 heterocycles. The zero-order valence-corrected chi connectivity index (χ0v) is 13.3. The van der Waals surface area contributed by atoms with E-state index >= 15 is 0 Å². The Morgan fingerprint density at radius 2 is 2.14 bits per heavy atom. The molecule has 1 unspecified atom stereocenters. The molecule has 6 nitrogen and oxygen atoms in total. The van der Waals surface area contributed by atoms with Gasteiger partial charge in [0.2, 0.25) is 5.91 Å². The molecule has 0 radical (unpaired) electrons. The molecule has 0 aromatic heterocycles. The number of aliphatic imine (C=N–C) groups is 1. The van der Waals surface area contributed by atoms with E-state index in [1.54, 1.807) is 0 Å². The van der Waals surface area contributed by atoms with Crippen LogP contribution in [0.1, 0.15) is 33.6 Å². The van der Waals surface area contributed by atoms with Gasteiger partial charge in [-0.15, -0.1) is 0 Å². The van der Waals surface area contributed by atoms with E-state index in [9.17, 15) is 4.79 Å². The number of nitrogens with two attached hydrogens (primary N) is 1. The van der Waals surface area contributed by atoms with Crippen LogP contribution in [0, 0.1) is 0 Å². The second-order valence-corrected chi connectivity index (χ2v) is 6.13. The maximum atomic E-state index is 11.3. The second-order valence-electron chi connectivity index (χ2n) is 6.13. The van der Waals surface area contributed by atoms with Crippen molar-refractivity contribution in [2.45, 2.75) is 45.3 Å². The number of hydrogen-bond acceptors (Lipinski definition) is 3. The Morgan fingerprint density at radius 3 is 2.68 bits per heavy atom. The third-order valence-corrected chi connectivity index (χ3v) is 3.44. The van der Waals surface area contributed by atoms with Gasteiger partial charge in [-0.25, -0.2) is 0 Å². The quantitative estimate of drug-likeness (QED) is 0.572. The molecule has 22 heavy (non-hydrogen) atoms. The Morgan fingerprint density at radius 1 is 1.45 bits per heavy atom. The number of rotatable bonds is 5. The van der Waals surface area contributed by atoms with Crippen LogP contribution < -0.4 is 21.1 Å². The molecule has 2 rings (SSSR count). The van der Waals surface area contributed by atoms with Gasteiger partial charge < -0.3 is 21.1 Å². The summed E-state index contributed by atoms with van der Waals surface area (Å²) in [5.41, 5.74) is 6.44. The number of hydrogen-bond donors (Lipinski definition) is 3.